The fourth-order valence-corrected chi connectivity index (χ4v) is 3.69. The van der Waals surface area contributed by atoms with Crippen molar-refractivity contribution in [2.75, 3.05) is 27.2 Å². The molecule has 0 bridgehead atoms. The number of benzene rings is 1. The first-order valence-electron chi connectivity index (χ1n) is 10.1. The number of hydrogen-bond acceptors (Lipinski definition) is 4. The van der Waals surface area contributed by atoms with Crippen LogP contribution < -0.4 is 0 Å². The Balaban J connectivity index is 1.46. The van der Waals surface area contributed by atoms with Crippen molar-refractivity contribution in [3.05, 3.63) is 71.8 Å². The van der Waals surface area contributed by atoms with Crippen molar-refractivity contribution in [1.29, 1.82) is 0 Å². The number of pyridine rings is 1. The minimum Gasteiger partial charge on any atom is -0.451 e. The van der Waals surface area contributed by atoms with E-state index in [4.69, 9.17) is 4.42 Å². The van der Waals surface area contributed by atoms with Crippen LogP contribution in [0.3, 0.4) is 0 Å². The van der Waals surface area contributed by atoms with Crippen molar-refractivity contribution < 1.29 is 14.0 Å². The number of aryl methyl sites for hydroxylation is 1. The fraction of sp³-hybridized carbons (Fsp3) is 0.292. The molecule has 0 fully saturated rings. The largest absolute Gasteiger partial charge is 0.451 e. The number of carbonyl (C=O) groups is 2. The second-order valence-corrected chi connectivity index (χ2v) is 7.75. The second kappa shape index (κ2) is 8.53. The van der Waals surface area contributed by atoms with Gasteiger partial charge in [-0.25, -0.2) is 0 Å². The molecule has 0 atom stereocenters. The molecule has 30 heavy (non-hydrogen) atoms. The second-order valence-electron chi connectivity index (χ2n) is 7.75. The van der Waals surface area contributed by atoms with Crippen molar-refractivity contribution in [2.24, 2.45) is 0 Å². The number of carbonyl (C=O) groups excluding carboxylic acids is 2. The maximum atomic E-state index is 12.7. The van der Waals surface area contributed by atoms with Gasteiger partial charge in [-0.05, 0) is 59.9 Å². The molecule has 0 saturated carbocycles. The van der Waals surface area contributed by atoms with Crippen LogP contribution in [0.4, 0.5) is 0 Å². The van der Waals surface area contributed by atoms with Crippen LogP contribution in [0.2, 0.25) is 0 Å². The Morgan fingerprint density at radius 2 is 1.93 bits per heavy atom. The van der Waals surface area contributed by atoms with Gasteiger partial charge in [0.15, 0.2) is 5.76 Å². The van der Waals surface area contributed by atoms with Gasteiger partial charge in [0.1, 0.15) is 5.58 Å². The highest BCUT2D eigenvalue weighted by Gasteiger charge is 2.20. The van der Waals surface area contributed by atoms with E-state index in [0.717, 1.165) is 41.5 Å². The minimum atomic E-state index is -0.157. The monoisotopic (exact) mass is 403 g/mol. The molecule has 2 amide bonds. The van der Waals surface area contributed by atoms with Gasteiger partial charge >= 0.3 is 0 Å². The molecule has 0 N–H and O–H groups in total. The number of amides is 2. The summed E-state index contributed by atoms with van der Waals surface area (Å²) in [5.41, 5.74) is 3.99. The van der Waals surface area contributed by atoms with Crippen molar-refractivity contribution in [3.63, 3.8) is 0 Å². The number of furan rings is 1. The van der Waals surface area contributed by atoms with Gasteiger partial charge in [0.2, 0.25) is 5.91 Å². The molecule has 0 unspecified atom stereocenters. The van der Waals surface area contributed by atoms with Gasteiger partial charge in [0, 0.05) is 51.4 Å². The van der Waals surface area contributed by atoms with Crippen LogP contribution in [-0.4, -0.2) is 53.8 Å². The molecule has 0 spiro atoms. The summed E-state index contributed by atoms with van der Waals surface area (Å²) in [5.74, 6) is 0.342. The summed E-state index contributed by atoms with van der Waals surface area (Å²) in [6.45, 7) is 1.34. The van der Waals surface area contributed by atoms with E-state index in [9.17, 15) is 9.59 Å². The van der Waals surface area contributed by atoms with Crippen molar-refractivity contribution in [3.8, 4) is 0 Å². The highest BCUT2D eigenvalue weighted by atomic mass is 16.3. The predicted octanol–water partition coefficient (Wildman–Crippen LogP) is 3.78. The Labute approximate surface area is 175 Å². The third kappa shape index (κ3) is 4.27. The van der Waals surface area contributed by atoms with E-state index in [1.807, 2.05) is 35.2 Å². The molecule has 6 heteroatoms. The van der Waals surface area contributed by atoms with Crippen LogP contribution in [0.15, 0.2) is 59.3 Å². The lowest BCUT2D eigenvalue weighted by atomic mass is 9.99. The third-order valence-corrected chi connectivity index (χ3v) is 5.38. The summed E-state index contributed by atoms with van der Waals surface area (Å²) in [7, 11) is 3.40. The molecule has 154 valence electrons. The molecule has 3 heterocycles. The maximum absolute atomic E-state index is 12.7. The summed E-state index contributed by atoms with van der Waals surface area (Å²) in [4.78, 5) is 32.3. The number of aromatic nitrogens is 1. The van der Waals surface area contributed by atoms with Crippen LogP contribution >= 0.6 is 0 Å². The molecular weight excluding hydrogens is 378 g/mol. The molecule has 0 radical (unpaired) electrons. The molecule has 1 aliphatic heterocycles. The standard InChI is InChI=1S/C24H25N3O3/c1-26(2)24(29)22-15-20-14-18(6-7-21(20)30-22)19-4-3-13-27(16-19)23(28)8-5-17-9-11-25-12-10-17/h4,6-7,9-12,14-15H,3,5,8,13,16H2,1-2H3. The molecular formula is C24H25N3O3. The normalized spacial score (nSPS) is 13.9. The van der Waals surface area contributed by atoms with Gasteiger partial charge < -0.3 is 14.2 Å². The van der Waals surface area contributed by atoms with Crippen LogP contribution in [0.25, 0.3) is 16.5 Å². The summed E-state index contributed by atoms with van der Waals surface area (Å²) in [5, 5.41) is 0.889. The van der Waals surface area contributed by atoms with Gasteiger partial charge in [-0.2, -0.15) is 0 Å². The lowest BCUT2D eigenvalue weighted by Gasteiger charge is -2.28. The molecule has 4 rings (SSSR count). The zero-order chi connectivity index (χ0) is 21.1. The van der Waals surface area contributed by atoms with E-state index in [2.05, 4.69) is 11.1 Å². The number of fused-ring (bicyclic) bond motifs is 1. The highest BCUT2D eigenvalue weighted by Crippen LogP contribution is 2.27. The van der Waals surface area contributed by atoms with Crippen LogP contribution in [0.1, 0.15) is 34.5 Å². The smallest absolute Gasteiger partial charge is 0.289 e. The van der Waals surface area contributed by atoms with Crippen molar-refractivity contribution in [2.45, 2.75) is 19.3 Å². The quantitative estimate of drug-likeness (QED) is 0.650. The average Bonchev–Trinajstić information content (AvgIpc) is 3.21. The summed E-state index contributed by atoms with van der Waals surface area (Å²) in [6.07, 6.45) is 7.76. The lowest BCUT2D eigenvalue weighted by molar-refractivity contribution is -0.130. The predicted molar refractivity (Wildman–Crippen MR) is 116 cm³/mol. The van der Waals surface area contributed by atoms with E-state index in [1.54, 1.807) is 32.6 Å². The Bertz CT molecular complexity index is 1100. The van der Waals surface area contributed by atoms with E-state index in [1.165, 1.54) is 4.90 Å². The van der Waals surface area contributed by atoms with E-state index >= 15 is 0 Å². The molecule has 6 nitrogen and oxygen atoms in total. The average molecular weight is 403 g/mol. The Kier molecular flexibility index (Phi) is 5.65. The summed E-state index contributed by atoms with van der Waals surface area (Å²) < 4.78 is 5.69. The molecule has 3 aromatic rings. The van der Waals surface area contributed by atoms with Crippen molar-refractivity contribution >= 4 is 28.4 Å². The Morgan fingerprint density at radius 1 is 1.13 bits per heavy atom. The van der Waals surface area contributed by atoms with Gasteiger partial charge in [-0.1, -0.05) is 12.1 Å². The van der Waals surface area contributed by atoms with Gasteiger partial charge in [-0.15, -0.1) is 0 Å². The third-order valence-electron chi connectivity index (χ3n) is 5.38. The lowest BCUT2D eigenvalue weighted by Crippen LogP contribution is -2.35. The van der Waals surface area contributed by atoms with E-state index < -0.39 is 0 Å². The van der Waals surface area contributed by atoms with Crippen LogP contribution in [0, 0.1) is 0 Å². The van der Waals surface area contributed by atoms with Gasteiger partial charge in [0.05, 0.1) is 0 Å². The molecule has 1 aliphatic rings. The Hall–Kier alpha value is -3.41. The summed E-state index contributed by atoms with van der Waals surface area (Å²) >= 11 is 0. The molecule has 1 aromatic carbocycles. The van der Waals surface area contributed by atoms with E-state index in [-0.39, 0.29) is 11.8 Å². The first-order chi connectivity index (χ1) is 14.5. The zero-order valence-corrected chi connectivity index (χ0v) is 17.3. The summed E-state index contributed by atoms with van der Waals surface area (Å²) in [6, 6.07) is 11.6. The van der Waals surface area contributed by atoms with Gasteiger partial charge in [-0.3, -0.25) is 14.6 Å². The molecule has 0 aliphatic carbocycles. The number of hydrogen-bond donors (Lipinski definition) is 0. The SMILES string of the molecule is CN(C)C(=O)c1cc2cc(C3=CCCN(C(=O)CCc4ccncc4)C3)ccc2o1. The molecule has 2 aromatic heterocycles. The topological polar surface area (TPSA) is 66.7 Å². The van der Waals surface area contributed by atoms with Crippen LogP contribution in [0.5, 0.6) is 0 Å². The van der Waals surface area contributed by atoms with Crippen molar-refractivity contribution in [1.82, 2.24) is 14.8 Å². The zero-order valence-electron chi connectivity index (χ0n) is 17.3. The first-order valence-corrected chi connectivity index (χ1v) is 10.1. The highest BCUT2D eigenvalue weighted by molar-refractivity contribution is 5.96. The van der Waals surface area contributed by atoms with Crippen LogP contribution in [-0.2, 0) is 11.2 Å². The number of rotatable bonds is 5. The maximum Gasteiger partial charge on any atom is 0.289 e. The molecule has 0 saturated heterocycles. The fourth-order valence-electron chi connectivity index (χ4n) is 3.69. The van der Waals surface area contributed by atoms with Gasteiger partial charge in [0.25, 0.3) is 5.91 Å². The van der Waals surface area contributed by atoms with E-state index in [0.29, 0.717) is 24.3 Å². The Morgan fingerprint density at radius 3 is 2.70 bits per heavy atom. The minimum absolute atomic E-state index is 0.157. The first kappa shape index (κ1) is 19.9. The number of nitrogens with zero attached hydrogens (tertiary/aromatic N) is 3.